The summed E-state index contributed by atoms with van der Waals surface area (Å²) in [5.74, 6) is 0.141. The number of benzene rings is 1. The van der Waals surface area contributed by atoms with E-state index >= 15 is 0 Å². The minimum Gasteiger partial charge on any atom is -0.493 e. The molecule has 132 valence electrons. The van der Waals surface area contributed by atoms with E-state index in [0.717, 1.165) is 42.6 Å². The van der Waals surface area contributed by atoms with Crippen molar-refractivity contribution in [1.82, 2.24) is 5.32 Å². The Balaban J connectivity index is 1.62. The van der Waals surface area contributed by atoms with Gasteiger partial charge in [-0.25, -0.2) is 0 Å². The Morgan fingerprint density at radius 3 is 2.67 bits per heavy atom. The molecule has 1 amide bonds. The van der Waals surface area contributed by atoms with Crippen molar-refractivity contribution in [2.45, 2.75) is 58.4 Å². The second-order valence-corrected chi connectivity index (χ2v) is 6.43. The maximum atomic E-state index is 11.8. The van der Waals surface area contributed by atoms with Gasteiger partial charge >= 0.3 is 5.97 Å². The number of rotatable bonds is 7. The van der Waals surface area contributed by atoms with Crippen LogP contribution in [0, 0.1) is 13.8 Å². The van der Waals surface area contributed by atoms with Gasteiger partial charge in [-0.05, 0) is 43.9 Å². The van der Waals surface area contributed by atoms with E-state index in [1.807, 2.05) is 32.0 Å². The second kappa shape index (κ2) is 9.30. The second-order valence-electron chi connectivity index (χ2n) is 6.43. The van der Waals surface area contributed by atoms with Gasteiger partial charge in [0.1, 0.15) is 5.75 Å². The van der Waals surface area contributed by atoms with Gasteiger partial charge in [0.25, 0.3) is 5.91 Å². The largest absolute Gasteiger partial charge is 0.493 e. The molecule has 2 rings (SSSR count). The zero-order valence-corrected chi connectivity index (χ0v) is 14.6. The zero-order chi connectivity index (χ0) is 17.4. The Labute approximate surface area is 143 Å². The number of aryl methyl sites for hydroxylation is 2. The first kappa shape index (κ1) is 18.3. The molecule has 0 unspecified atom stereocenters. The Bertz CT molecular complexity index is 564. The summed E-state index contributed by atoms with van der Waals surface area (Å²) in [6, 6.07) is 6.18. The predicted molar refractivity (Wildman–Crippen MR) is 92.0 cm³/mol. The highest BCUT2D eigenvalue weighted by Gasteiger charge is 2.16. The molecule has 1 N–H and O–H groups in total. The topological polar surface area (TPSA) is 64.6 Å². The van der Waals surface area contributed by atoms with Crippen molar-refractivity contribution in [2.75, 3.05) is 13.2 Å². The molecule has 0 bridgehead atoms. The summed E-state index contributed by atoms with van der Waals surface area (Å²) >= 11 is 0. The smallest absolute Gasteiger partial charge is 0.309 e. The van der Waals surface area contributed by atoms with E-state index in [-0.39, 0.29) is 31.6 Å². The van der Waals surface area contributed by atoms with Crippen molar-refractivity contribution in [2.24, 2.45) is 0 Å². The van der Waals surface area contributed by atoms with Crippen LogP contribution in [0.25, 0.3) is 0 Å². The monoisotopic (exact) mass is 333 g/mol. The molecule has 1 aromatic rings. The fourth-order valence-corrected chi connectivity index (χ4v) is 2.84. The number of carbonyl (C=O) groups is 2. The number of hydrogen-bond donors (Lipinski definition) is 1. The average molecular weight is 333 g/mol. The van der Waals surface area contributed by atoms with Gasteiger partial charge in [-0.3, -0.25) is 9.59 Å². The van der Waals surface area contributed by atoms with Crippen molar-refractivity contribution < 1.29 is 19.1 Å². The van der Waals surface area contributed by atoms with Gasteiger partial charge in [-0.1, -0.05) is 31.4 Å². The molecule has 5 nitrogen and oxygen atoms in total. The molecule has 0 aliphatic heterocycles. The highest BCUT2D eigenvalue weighted by molar-refractivity contribution is 5.80. The Hall–Kier alpha value is -2.04. The maximum absolute atomic E-state index is 11.8. The van der Waals surface area contributed by atoms with E-state index < -0.39 is 5.97 Å². The van der Waals surface area contributed by atoms with Crippen LogP contribution in [0.3, 0.4) is 0 Å². The van der Waals surface area contributed by atoms with Crippen molar-refractivity contribution in [3.63, 3.8) is 0 Å². The van der Waals surface area contributed by atoms with Crippen LogP contribution in [-0.4, -0.2) is 31.1 Å². The number of ether oxygens (including phenoxy) is 2. The van der Waals surface area contributed by atoms with E-state index in [1.54, 1.807) is 0 Å². The number of esters is 1. The van der Waals surface area contributed by atoms with Gasteiger partial charge in [-0.15, -0.1) is 0 Å². The first-order chi connectivity index (χ1) is 11.5. The van der Waals surface area contributed by atoms with E-state index in [9.17, 15) is 9.59 Å². The molecule has 1 saturated carbocycles. The van der Waals surface area contributed by atoms with Gasteiger partial charge in [0.2, 0.25) is 0 Å². The molecule has 1 aromatic carbocycles. The van der Waals surface area contributed by atoms with Crippen LogP contribution < -0.4 is 10.1 Å². The molecule has 0 spiro atoms. The van der Waals surface area contributed by atoms with Crippen LogP contribution in [-0.2, 0) is 14.3 Å². The summed E-state index contributed by atoms with van der Waals surface area (Å²) in [6.07, 6.45) is 5.71. The highest BCUT2D eigenvalue weighted by atomic mass is 16.5. The molecule has 1 aliphatic rings. The lowest BCUT2D eigenvalue weighted by Gasteiger charge is -2.22. The quantitative estimate of drug-likeness (QED) is 0.779. The van der Waals surface area contributed by atoms with Crippen molar-refractivity contribution in [3.8, 4) is 5.75 Å². The summed E-state index contributed by atoms with van der Waals surface area (Å²) in [7, 11) is 0. The van der Waals surface area contributed by atoms with E-state index in [4.69, 9.17) is 9.47 Å². The summed E-state index contributed by atoms with van der Waals surface area (Å²) in [5, 5.41) is 2.92. The predicted octanol–water partition coefficient (Wildman–Crippen LogP) is 3.06. The van der Waals surface area contributed by atoms with E-state index in [1.165, 1.54) is 6.42 Å². The Morgan fingerprint density at radius 1 is 1.17 bits per heavy atom. The Kier molecular flexibility index (Phi) is 7.09. The van der Waals surface area contributed by atoms with Crippen molar-refractivity contribution in [3.05, 3.63) is 29.3 Å². The third-order valence-corrected chi connectivity index (χ3v) is 4.24. The number of nitrogens with one attached hydrogen (secondary N) is 1. The number of amides is 1. The van der Waals surface area contributed by atoms with Crippen LogP contribution in [0.5, 0.6) is 5.75 Å². The molecule has 0 saturated heterocycles. The summed E-state index contributed by atoms with van der Waals surface area (Å²) in [5.41, 5.74) is 2.14. The molecule has 24 heavy (non-hydrogen) atoms. The summed E-state index contributed by atoms with van der Waals surface area (Å²) in [4.78, 5) is 23.5. The van der Waals surface area contributed by atoms with Crippen molar-refractivity contribution >= 4 is 11.9 Å². The van der Waals surface area contributed by atoms with Gasteiger partial charge < -0.3 is 14.8 Å². The minimum absolute atomic E-state index is 0.129. The molecule has 1 aliphatic carbocycles. The fourth-order valence-electron chi connectivity index (χ4n) is 2.84. The third-order valence-electron chi connectivity index (χ3n) is 4.24. The van der Waals surface area contributed by atoms with Crippen molar-refractivity contribution in [1.29, 1.82) is 0 Å². The zero-order valence-electron chi connectivity index (χ0n) is 14.6. The molecular formula is C19H27NO4. The molecule has 0 radical (unpaired) electrons. The van der Waals surface area contributed by atoms with Crippen LogP contribution in [0.1, 0.15) is 49.7 Å². The molecule has 1 fully saturated rings. The molecular weight excluding hydrogens is 306 g/mol. The van der Waals surface area contributed by atoms with Crippen LogP contribution in [0.2, 0.25) is 0 Å². The van der Waals surface area contributed by atoms with Crippen LogP contribution in [0.15, 0.2) is 18.2 Å². The lowest BCUT2D eigenvalue weighted by atomic mass is 9.95. The molecule has 0 aromatic heterocycles. The van der Waals surface area contributed by atoms with Gasteiger partial charge in [-0.2, -0.15) is 0 Å². The first-order valence-corrected chi connectivity index (χ1v) is 8.69. The SMILES string of the molecule is Cc1ccc(C)c(OCCC(=O)OCC(=O)NC2CCCCC2)c1. The van der Waals surface area contributed by atoms with Crippen LogP contribution >= 0.6 is 0 Å². The maximum Gasteiger partial charge on any atom is 0.309 e. The fraction of sp³-hybridized carbons (Fsp3) is 0.579. The lowest BCUT2D eigenvalue weighted by Crippen LogP contribution is -2.38. The summed E-state index contributed by atoms with van der Waals surface area (Å²) in [6.45, 7) is 3.99. The number of carbonyl (C=O) groups excluding carboxylic acids is 2. The minimum atomic E-state index is -0.417. The third kappa shape index (κ3) is 6.22. The number of hydrogen-bond acceptors (Lipinski definition) is 4. The highest BCUT2D eigenvalue weighted by Crippen LogP contribution is 2.19. The van der Waals surface area contributed by atoms with Crippen LogP contribution in [0.4, 0.5) is 0 Å². The standard InChI is InChI=1S/C19H27NO4/c1-14-8-9-15(2)17(12-14)23-11-10-19(22)24-13-18(21)20-16-6-4-3-5-7-16/h8-9,12,16H,3-7,10-11,13H2,1-2H3,(H,20,21). The lowest BCUT2D eigenvalue weighted by molar-refractivity contribution is -0.149. The van der Waals surface area contributed by atoms with Gasteiger partial charge in [0.15, 0.2) is 6.61 Å². The average Bonchev–Trinajstić information content (AvgIpc) is 2.57. The van der Waals surface area contributed by atoms with Gasteiger partial charge in [0, 0.05) is 6.04 Å². The van der Waals surface area contributed by atoms with E-state index in [2.05, 4.69) is 5.32 Å². The first-order valence-electron chi connectivity index (χ1n) is 8.69. The molecule has 5 heteroatoms. The molecule has 0 atom stereocenters. The van der Waals surface area contributed by atoms with Gasteiger partial charge in [0.05, 0.1) is 13.0 Å². The molecule has 0 heterocycles. The normalized spacial score (nSPS) is 14.9. The van der Waals surface area contributed by atoms with E-state index in [0.29, 0.717) is 0 Å². The summed E-state index contributed by atoms with van der Waals surface area (Å²) < 4.78 is 10.6. The Morgan fingerprint density at radius 2 is 1.92 bits per heavy atom.